The quantitative estimate of drug-likeness (QED) is 0.494. The fourth-order valence-corrected chi connectivity index (χ4v) is 3.30. The summed E-state index contributed by atoms with van der Waals surface area (Å²) in [5.74, 6) is 0. The molecule has 1 aliphatic carbocycles. The molecule has 6 heteroatoms. The molecule has 0 unspecified atom stereocenters. The van der Waals surface area contributed by atoms with E-state index in [2.05, 4.69) is 53.5 Å². The average Bonchev–Trinajstić information content (AvgIpc) is 2.56. The molecule has 0 bridgehead atoms. The molecule has 1 saturated carbocycles. The van der Waals surface area contributed by atoms with Crippen molar-refractivity contribution in [2.45, 2.75) is 58.4 Å². The summed E-state index contributed by atoms with van der Waals surface area (Å²) in [6.45, 7) is 4.21. The highest BCUT2D eigenvalue weighted by Gasteiger charge is 2.14. The maximum absolute atomic E-state index is 5.35. The van der Waals surface area contributed by atoms with Crippen molar-refractivity contribution in [3.63, 3.8) is 0 Å². The lowest BCUT2D eigenvalue weighted by Gasteiger charge is -2.24. The van der Waals surface area contributed by atoms with E-state index in [9.17, 15) is 0 Å². The van der Waals surface area contributed by atoms with Gasteiger partial charge in [-0.1, -0.05) is 44.4 Å². The Morgan fingerprint density at radius 3 is 2.48 bits per heavy atom. The zero-order valence-electron chi connectivity index (χ0n) is 13.9. The monoisotopic (exact) mass is 350 g/mol. The van der Waals surface area contributed by atoms with E-state index in [-0.39, 0.29) is 0 Å². The van der Waals surface area contributed by atoms with Gasteiger partial charge in [0, 0.05) is 11.7 Å². The molecule has 4 nitrogen and oxygen atoms in total. The molecule has 0 amide bonds. The summed E-state index contributed by atoms with van der Waals surface area (Å²) >= 11 is 10.7. The van der Waals surface area contributed by atoms with Crippen LogP contribution in [-0.2, 0) is 6.42 Å². The maximum Gasteiger partial charge on any atom is 0.189 e. The molecule has 0 heterocycles. The molecular weight excluding hydrogens is 324 g/mol. The summed E-state index contributed by atoms with van der Waals surface area (Å²) in [6, 6.07) is 6.74. The summed E-state index contributed by atoms with van der Waals surface area (Å²) in [7, 11) is 0. The van der Waals surface area contributed by atoms with Crippen LogP contribution in [0.5, 0.6) is 0 Å². The molecule has 0 atom stereocenters. The first-order chi connectivity index (χ1) is 11.1. The van der Waals surface area contributed by atoms with Gasteiger partial charge in [-0.2, -0.15) is 0 Å². The van der Waals surface area contributed by atoms with Crippen molar-refractivity contribution >= 4 is 40.3 Å². The average molecular weight is 351 g/mol. The molecule has 4 N–H and O–H groups in total. The highest BCUT2D eigenvalue weighted by atomic mass is 32.1. The molecule has 1 aliphatic rings. The van der Waals surface area contributed by atoms with E-state index in [4.69, 9.17) is 24.4 Å². The number of nitrogens with one attached hydrogen (secondary N) is 4. The number of anilines is 1. The van der Waals surface area contributed by atoms with Gasteiger partial charge in [0.25, 0.3) is 0 Å². The van der Waals surface area contributed by atoms with Gasteiger partial charge in [-0.3, -0.25) is 10.9 Å². The molecule has 0 spiro atoms. The van der Waals surface area contributed by atoms with Gasteiger partial charge in [-0.15, -0.1) is 0 Å². The lowest BCUT2D eigenvalue weighted by atomic mass is 9.96. The third kappa shape index (κ3) is 5.62. The Hall–Kier alpha value is -1.40. The van der Waals surface area contributed by atoms with E-state index in [1.54, 1.807) is 0 Å². The van der Waals surface area contributed by atoms with Crippen molar-refractivity contribution < 1.29 is 0 Å². The lowest BCUT2D eigenvalue weighted by molar-refractivity contribution is 0.411. The van der Waals surface area contributed by atoms with Crippen molar-refractivity contribution in [2.24, 2.45) is 0 Å². The lowest BCUT2D eigenvalue weighted by Crippen LogP contribution is -2.51. The first-order valence-corrected chi connectivity index (χ1v) is 9.13. The Bertz CT molecular complexity index is 554. The van der Waals surface area contributed by atoms with E-state index in [0.717, 1.165) is 12.1 Å². The number of hydrogen-bond acceptors (Lipinski definition) is 2. The number of rotatable bonds is 3. The number of para-hydroxylation sites is 1. The predicted molar refractivity (Wildman–Crippen MR) is 106 cm³/mol. The first-order valence-electron chi connectivity index (χ1n) is 8.32. The van der Waals surface area contributed by atoms with Crippen molar-refractivity contribution in [2.75, 3.05) is 5.32 Å². The topological polar surface area (TPSA) is 48.1 Å². The molecule has 1 aromatic carbocycles. The van der Waals surface area contributed by atoms with Gasteiger partial charge >= 0.3 is 0 Å². The van der Waals surface area contributed by atoms with Crippen LogP contribution in [0.1, 0.15) is 50.2 Å². The van der Waals surface area contributed by atoms with Crippen LogP contribution in [0.3, 0.4) is 0 Å². The normalized spacial score (nSPS) is 14.9. The van der Waals surface area contributed by atoms with Crippen LogP contribution >= 0.6 is 24.4 Å². The largest absolute Gasteiger partial charge is 0.359 e. The first kappa shape index (κ1) is 17.9. The minimum atomic E-state index is 0.482. The van der Waals surface area contributed by atoms with E-state index >= 15 is 0 Å². The third-order valence-corrected chi connectivity index (χ3v) is 4.63. The fourth-order valence-electron chi connectivity index (χ4n) is 2.93. The van der Waals surface area contributed by atoms with Gasteiger partial charge in [0.15, 0.2) is 10.2 Å². The summed E-state index contributed by atoms with van der Waals surface area (Å²) in [4.78, 5) is 0. The molecule has 23 heavy (non-hydrogen) atoms. The van der Waals surface area contributed by atoms with Gasteiger partial charge in [0.05, 0.1) is 0 Å². The number of benzene rings is 1. The van der Waals surface area contributed by atoms with Gasteiger partial charge in [-0.05, 0) is 61.7 Å². The number of aryl methyl sites for hydroxylation is 2. The van der Waals surface area contributed by atoms with E-state index in [0.29, 0.717) is 16.3 Å². The summed E-state index contributed by atoms with van der Waals surface area (Å²) in [6.07, 6.45) is 7.23. The van der Waals surface area contributed by atoms with Gasteiger partial charge < -0.3 is 10.6 Å². The minimum Gasteiger partial charge on any atom is -0.359 e. The predicted octanol–water partition coefficient (Wildman–Crippen LogP) is 3.56. The molecule has 126 valence electrons. The van der Waals surface area contributed by atoms with Crippen molar-refractivity contribution in [1.82, 2.24) is 16.2 Å². The smallest absolute Gasteiger partial charge is 0.189 e. The van der Waals surface area contributed by atoms with Gasteiger partial charge in [0.2, 0.25) is 0 Å². The van der Waals surface area contributed by atoms with Crippen LogP contribution in [0.25, 0.3) is 0 Å². The van der Waals surface area contributed by atoms with E-state index in [1.807, 2.05) is 0 Å². The molecule has 0 aliphatic heterocycles. The van der Waals surface area contributed by atoms with Crippen LogP contribution in [0.2, 0.25) is 0 Å². The standard InChI is InChI=1S/C17H26N4S2/c1-3-13-9-7-8-12(2)15(13)19-17(23)21-20-16(22)18-14-10-5-4-6-11-14/h7-9,14H,3-6,10-11H2,1-2H3,(H2,18,20,22)(H2,19,21,23). The Balaban J connectivity index is 1.80. The highest BCUT2D eigenvalue weighted by molar-refractivity contribution is 7.80. The van der Waals surface area contributed by atoms with Crippen molar-refractivity contribution in [3.05, 3.63) is 29.3 Å². The van der Waals surface area contributed by atoms with Crippen molar-refractivity contribution in [3.8, 4) is 0 Å². The van der Waals surface area contributed by atoms with Gasteiger partial charge in [0.1, 0.15) is 0 Å². The Labute approximate surface area is 149 Å². The molecule has 1 fully saturated rings. The SMILES string of the molecule is CCc1cccc(C)c1NC(=S)NNC(=S)NC1CCCCC1. The summed E-state index contributed by atoms with van der Waals surface area (Å²) in [5, 5.41) is 7.72. The zero-order chi connectivity index (χ0) is 16.7. The minimum absolute atomic E-state index is 0.482. The van der Waals surface area contributed by atoms with Crippen LogP contribution < -0.4 is 21.5 Å². The fraction of sp³-hybridized carbons (Fsp3) is 0.529. The molecule has 0 aromatic heterocycles. The highest BCUT2D eigenvalue weighted by Crippen LogP contribution is 2.20. The molecule has 0 saturated heterocycles. The Morgan fingerprint density at radius 1 is 1.09 bits per heavy atom. The van der Waals surface area contributed by atoms with E-state index in [1.165, 1.54) is 43.2 Å². The number of hydrogen-bond donors (Lipinski definition) is 4. The van der Waals surface area contributed by atoms with E-state index < -0.39 is 0 Å². The number of hydrazine groups is 1. The van der Waals surface area contributed by atoms with Gasteiger partial charge in [-0.25, -0.2) is 0 Å². The summed E-state index contributed by atoms with van der Waals surface area (Å²) < 4.78 is 0. The maximum atomic E-state index is 5.35. The Morgan fingerprint density at radius 2 is 1.78 bits per heavy atom. The Kier molecular flexibility index (Phi) is 7.05. The second-order valence-electron chi connectivity index (χ2n) is 5.98. The second-order valence-corrected chi connectivity index (χ2v) is 6.79. The second kappa shape index (κ2) is 9.03. The van der Waals surface area contributed by atoms with Crippen LogP contribution in [0, 0.1) is 6.92 Å². The van der Waals surface area contributed by atoms with Crippen LogP contribution in [-0.4, -0.2) is 16.3 Å². The molecular formula is C17H26N4S2. The molecule has 1 aromatic rings. The summed E-state index contributed by atoms with van der Waals surface area (Å²) in [5.41, 5.74) is 9.43. The van der Waals surface area contributed by atoms with Crippen LogP contribution in [0.4, 0.5) is 5.69 Å². The number of thiocarbonyl (C=S) groups is 2. The molecule has 0 radical (unpaired) electrons. The zero-order valence-corrected chi connectivity index (χ0v) is 15.5. The molecule has 2 rings (SSSR count). The third-order valence-electron chi connectivity index (χ3n) is 4.21. The van der Waals surface area contributed by atoms with Crippen molar-refractivity contribution in [1.29, 1.82) is 0 Å². The van der Waals surface area contributed by atoms with Crippen LogP contribution in [0.15, 0.2) is 18.2 Å².